The Labute approximate surface area is 347 Å². The van der Waals surface area contributed by atoms with Crippen molar-refractivity contribution in [1.29, 1.82) is 0 Å². The minimum atomic E-state index is -1.18. The Morgan fingerprint density at radius 3 is 2.22 bits per heavy atom. The molecular weight excluding hydrogens is 759 g/mol. The van der Waals surface area contributed by atoms with Crippen LogP contribution in [0.3, 0.4) is 0 Å². The molecule has 59 heavy (non-hydrogen) atoms. The number of nitrogens with zero attached hydrogens (tertiary/aromatic N) is 2. The second-order valence-electron chi connectivity index (χ2n) is 15.9. The number of unbranched alkanes of at least 4 members (excludes halogenated alkanes) is 1. The zero-order chi connectivity index (χ0) is 43.6. The maximum atomic E-state index is 14.3. The number of nitrogens with one attached hydrogen (secondary N) is 6. The number of hydrogen-bond acceptors (Lipinski definition) is 9. The third kappa shape index (κ3) is 14.5. The number of amides is 5. The first-order valence-electron chi connectivity index (χ1n) is 20.8. The highest BCUT2D eigenvalue weighted by atomic mass is 16.4. The zero-order valence-corrected chi connectivity index (χ0v) is 35.2. The second kappa shape index (κ2) is 24.0. The summed E-state index contributed by atoms with van der Waals surface area (Å²) in [6.07, 6.45) is 5.80. The fourth-order valence-corrected chi connectivity index (χ4v) is 7.34. The van der Waals surface area contributed by atoms with Gasteiger partial charge in [0, 0.05) is 36.6 Å². The number of guanidine groups is 1. The molecule has 0 spiro atoms. The summed E-state index contributed by atoms with van der Waals surface area (Å²) in [5.41, 5.74) is 18.2. The number of para-hydroxylation sites is 1. The van der Waals surface area contributed by atoms with Crippen LogP contribution in [0.5, 0.6) is 0 Å². The number of hydrogen-bond donors (Lipinski definition) is 10. The molecule has 0 radical (unpaired) electrons. The number of carboxylic acid groups (broad SMARTS) is 1. The lowest BCUT2D eigenvalue weighted by molar-refractivity contribution is -0.143. The van der Waals surface area contributed by atoms with Gasteiger partial charge in [0.25, 0.3) is 0 Å². The van der Waals surface area contributed by atoms with E-state index < -0.39 is 65.8 Å². The number of aliphatic carboxylic acids is 1. The normalized spacial score (nSPS) is 17.0. The number of likely N-dealkylation sites (N-methyl/N-ethyl adjacent to an activating group) is 1. The number of likely N-dealkylation sites (tertiary alicyclic amines) is 1. The van der Waals surface area contributed by atoms with Gasteiger partial charge in [-0.25, -0.2) is 4.79 Å². The monoisotopic (exact) mass is 826 g/mol. The van der Waals surface area contributed by atoms with E-state index in [-0.39, 0.29) is 43.1 Å². The summed E-state index contributed by atoms with van der Waals surface area (Å²) < 4.78 is 0. The van der Waals surface area contributed by atoms with Crippen molar-refractivity contribution in [2.24, 2.45) is 34.0 Å². The number of rotatable bonds is 25. The quantitative estimate of drug-likeness (QED) is 0.0376. The highest BCUT2D eigenvalue weighted by molar-refractivity contribution is 5.97. The van der Waals surface area contributed by atoms with Gasteiger partial charge in [-0.05, 0) is 88.4 Å². The first-order valence-corrected chi connectivity index (χ1v) is 20.8. The van der Waals surface area contributed by atoms with Gasteiger partial charge in [0.2, 0.25) is 29.5 Å². The van der Waals surface area contributed by atoms with E-state index in [0.717, 1.165) is 16.5 Å². The lowest BCUT2D eigenvalue weighted by atomic mass is 9.96. The number of nitrogens with two attached hydrogens (primary N) is 3. The number of carbonyl (C=O) groups excluding carboxylic acids is 5. The summed E-state index contributed by atoms with van der Waals surface area (Å²) >= 11 is 0. The van der Waals surface area contributed by atoms with Crippen molar-refractivity contribution in [3.05, 3.63) is 36.0 Å². The van der Waals surface area contributed by atoms with E-state index in [2.05, 4.69) is 36.6 Å². The number of carbonyl (C=O) groups is 6. The molecule has 328 valence electrons. The minimum absolute atomic E-state index is 0.0125. The van der Waals surface area contributed by atoms with Crippen LogP contribution in [-0.4, -0.2) is 119 Å². The number of aromatic nitrogens is 1. The summed E-state index contributed by atoms with van der Waals surface area (Å²) in [6.45, 7) is 8.36. The van der Waals surface area contributed by atoms with Crippen LogP contribution in [0.4, 0.5) is 0 Å². The molecular formula is C41H67N11O7. The fourth-order valence-electron chi connectivity index (χ4n) is 7.34. The average molecular weight is 826 g/mol. The van der Waals surface area contributed by atoms with Crippen molar-refractivity contribution < 1.29 is 33.9 Å². The first-order chi connectivity index (χ1) is 28.1. The van der Waals surface area contributed by atoms with Gasteiger partial charge in [-0.3, -0.25) is 29.0 Å². The van der Waals surface area contributed by atoms with Gasteiger partial charge in [-0.2, -0.15) is 0 Å². The summed E-state index contributed by atoms with van der Waals surface area (Å²) in [4.78, 5) is 90.6. The molecule has 1 fully saturated rings. The van der Waals surface area contributed by atoms with Crippen LogP contribution in [0, 0.1) is 11.8 Å². The van der Waals surface area contributed by atoms with Crippen LogP contribution in [-0.2, 0) is 35.2 Å². The molecule has 1 aliphatic rings. The van der Waals surface area contributed by atoms with Gasteiger partial charge in [-0.15, -0.1) is 0 Å². The van der Waals surface area contributed by atoms with E-state index in [1.54, 1.807) is 20.2 Å². The van der Waals surface area contributed by atoms with Crippen LogP contribution in [0.1, 0.15) is 91.0 Å². The van der Waals surface area contributed by atoms with Gasteiger partial charge in [0.05, 0.1) is 6.04 Å². The molecule has 1 aromatic heterocycles. The van der Waals surface area contributed by atoms with E-state index in [9.17, 15) is 33.9 Å². The van der Waals surface area contributed by atoms with Crippen LogP contribution in [0.2, 0.25) is 0 Å². The Morgan fingerprint density at radius 2 is 1.58 bits per heavy atom. The lowest BCUT2D eigenvalue weighted by Gasteiger charge is -2.31. The van der Waals surface area contributed by atoms with Crippen molar-refractivity contribution in [2.75, 3.05) is 26.7 Å². The number of H-pyrrole nitrogens is 1. The second-order valence-corrected chi connectivity index (χ2v) is 15.9. The summed E-state index contributed by atoms with van der Waals surface area (Å²) in [5.74, 6) is -4.23. The highest BCUT2D eigenvalue weighted by Gasteiger charge is 2.40. The third-order valence-corrected chi connectivity index (χ3v) is 10.9. The molecule has 3 rings (SSSR count). The Hall–Kier alpha value is -5.23. The molecule has 7 atom stereocenters. The van der Waals surface area contributed by atoms with Crippen LogP contribution in [0.25, 0.3) is 10.9 Å². The Kier molecular flexibility index (Phi) is 19.6. The van der Waals surface area contributed by atoms with E-state index in [0.29, 0.717) is 64.5 Å². The van der Waals surface area contributed by atoms with Gasteiger partial charge < -0.3 is 58.8 Å². The van der Waals surface area contributed by atoms with Crippen LogP contribution >= 0.6 is 0 Å². The summed E-state index contributed by atoms with van der Waals surface area (Å²) in [7, 11) is 1.65. The molecule has 2 aromatic rings. The Bertz CT molecular complexity index is 1740. The number of fused-ring (bicyclic) bond motifs is 1. The first kappa shape index (κ1) is 48.1. The van der Waals surface area contributed by atoms with E-state index >= 15 is 0 Å². The third-order valence-electron chi connectivity index (χ3n) is 10.9. The smallest absolute Gasteiger partial charge is 0.326 e. The average Bonchev–Trinajstić information content (AvgIpc) is 3.86. The van der Waals surface area contributed by atoms with Gasteiger partial charge in [0.15, 0.2) is 5.96 Å². The fraction of sp³-hybridized carbons (Fsp3) is 0.634. The molecule has 18 heteroatoms. The zero-order valence-electron chi connectivity index (χ0n) is 35.2. The van der Waals surface area contributed by atoms with E-state index in [1.165, 1.54) is 4.90 Å². The number of benzene rings is 1. The topological polar surface area (TPSA) is 292 Å². The molecule has 1 saturated heterocycles. The van der Waals surface area contributed by atoms with Crippen LogP contribution < -0.4 is 43.8 Å². The van der Waals surface area contributed by atoms with Crippen LogP contribution in [0.15, 0.2) is 35.5 Å². The van der Waals surface area contributed by atoms with Gasteiger partial charge >= 0.3 is 5.97 Å². The van der Waals surface area contributed by atoms with E-state index in [1.807, 2.05) is 45.0 Å². The standard InChI is InChI=1S/C41H67N11O7/c1-6-25(4)34(38(56)50-32(40(58)59)21-24(2)3)51-36(54)31(22-26-23-47-28-14-8-7-13-27(26)28)49-37(55)33-17-12-20-52(33)39(57)30(15-9-10-18-42)48-35(53)29(45-5)16-11-19-46-41(43)44/h7-8,13-14,23-25,29-34,45,47H,6,9-12,15-22,42H2,1-5H3,(H,48,53)(H,49,55)(H,50,56)(H,51,54)(H,58,59)(H4,43,44,46)/t25-,29-,30-,31-,32-,33-,34-/m0/s1. The Morgan fingerprint density at radius 1 is 0.898 bits per heavy atom. The highest BCUT2D eigenvalue weighted by Crippen LogP contribution is 2.23. The minimum Gasteiger partial charge on any atom is -0.480 e. The Balaban J connectivity index is 1.88. The number of aliphatic imine (C=N–C) groups is 1. The largest absolute Gasteiger partial charge is 0.480 e. The summed E-state index contributed by atoms with van der Waals surface area (Å²) in [6, 6.07) is 1.61. The van der Waals surface area contributed by atoms with Crippen molar-refractivity contribution in [2.45, 2.75) is 128 Å². The predicted octanol–water partition coefficient (Wildman–Crippen LogP) is 0.588. The number of aromatic amines is 1. The molecule has 13 N–H and O–H groups in total. The van der Waals surface area contributed by atoms with Crippen molar-refractivity contribution in [3.63, 3.8) is 0 Å². The van der Waals surface area contributed by atoms with Gasteiger partial charge in [0.1, 0.15) is 30.2 Å². The number of carboxylic acids is 1. The van der Waals surface area contributed by atoms with Crippen molar-refractivity contribution >= 4 is 52.4 Å². The molecule has 1 aliphatic heterocycles. The SMILES string of the molecule is CC[C@H](C)[C@H](NC(=O)[C@H](Cc1c[nH]c2ccccc12)NC(=O)[C@@H]1CCCN1C(=O)[C@H](CCCCN)NC(=O)[C@H](CCCN=C(N)N)NC)C(=O)N[C@@H](CC(C)C)C(=O)O. The molecule has 5 amide bonds. The molecule has 0 unspecified atom stereocenters. The van der Waals surface area contributed by atoms with Crippen molar-refractivity contribution in [1.82, 2.24) is 36.5 Å². The lowest BCUT2D eigenvalue weighted by Crippen LogP contribution is -2.60. The molecule has 0 bridgehead atoms. The summed E-state index contributed by atoms with van der Waals surface area (Å²) in [5, 5.41) is 24.9. The van der Waals surface area contributed by atoms with Crippen molar-refractivity contribution in [3.8, 4) is 0 Å². The predicted molar refractivity (Wildman–Crippen MR) is 227 cm³/mol. The molecule has 0 aliphatic carbocycles. The van der Waals surface area contributed by atoms with E-state index in [4.69, 9.17) is 17.2 Å². The molecule has 18 nitrogen and oxygen atoms in total. The molecule has 2 heterocycles. The molecule has 0 saturated carbocycles. The molecule has 1 aromatic carbocycles. The van der Waals surface area contributed by atoms with Gasteiger partial charge in [-0.1, -0.05) is 52.3 Å². The maximum Gasteiger partial charge on any atom is 0.326 e. The maximum absolute atomic E-state index is 14.3.